The number of aliphatic imine (C=N–C) groups is 1. The summed E-state index contributed by atoms with van der Waals surface area (Å²) in [5.74, 6) is 1.52. The number of thiol groups is 1. The van der Waals surface area contributed by atoms with Gasteiger partial charge in [-0.25, -0.2) is 0 Å². The quantitative estimate of drug-likeness (QED) is 0.232. The standard InChI is InChI=1S/C22H36N2O2S/c1-4-6-8-18(5-2)17-26-16-7-9-21(23)22(27)24-15-14-19-10-12-20(25-3)13-11-19/h10-13,15,18,22-23,27H,4-9,14,16-17H2,1-3H3/b23-21?,24-15+. The van der Waals surface area contributed by atoms with Gasteiger partial charge in [0.2, 0.25) is 0 Å². The maximum Gasteiger partial charge on any atom is 0.129 e. The van der Waals surface area contributed by atoms with Gasteiger partial charge >= 0.3 is 0 Å². The van der Waals surface area contributed by atoms with Crippen LogP contribution >= 0.6 is 12.6 Å². The predicted octanol–water partition coefficient (Wildman–Crippen LogP) is 5.60. The minimum atomic E-state index is -0.365. The molecule has 0 aliphatic rings. The van der Waals surface area contributed by atoms with E-state index in [0.717, 1.165) is 30.8 Å². The van der Waals surface area contributed by atoms with Crippen molar-refractivity contribution in [3.05, 3.63) is 29.8 Å². The van der Waals surface area contributed by atoms with Gasteiger partial charge in [-0.05, 0) is 42.9 Å². The Bertz CT molecular complexity index is 546. The van der Waals surface area contributed by atoms with E-state index in [1.165, 1.54) is 25.7 Å². The summed E-state index contributed by atoms with van der Waals surface area (Å²) in [6.07, 6.45) is 9.06. The molecule has 152 valence electrons. The highest BCUT2D eigenvalue weighted by Gasteiger charge is 2.08. The highest BCUT2D eigenvalue weighted by atomic mass is 32.1. The molecule has 0 amide bonds. The van der Waals surface area contributed by atoms with Crippen LogP contribution in [0.15, 0.2) is 29.3 Å². The Labute approximate surface area is 170 Å². The Hall–Kier alpha value is -1.33. The van der Waals surface area contributed by atoms with Gasteiger partial charge in [0, 0.05) is 31.6 Å². The molecule has 0 heterocycles. The molecule has 2 unspecified atom stereocenters. The minimum Gasteiger partial charge on any atom is -0.497 e. The van der Waals surface area contributed by atoms with Crippen LogP contribution in [0.5, 0.6) is 5.75 Å². The first kappa shape index (κ1) is 23.7. The Morgan fingerprint density at radius 2 is 1.96 bits per heavy atom. The second-order valence-corrected chi connectivity index (χ2v) is 7.37. The Balaban J connectivity index is 2.19. The van der Waals surface area contributed by atoms with Crippen LogP contribution < -0.4 is 4.74 Å². The van der Waals surface area contributed by atoms with Crippen LogP contribution in [0.4, 0.5) is 0 Å². The molecule has 4 nitrogen and oxygen atoms in total. The molecular weight excluding hydrogens is 356 g/mol. The number of hydrogen-bond donors (Lipinski definition) is 2. The lowest BCUT2D eigenvalue weighted by molar-refractivity contribution is 0.0930. The molecule has 1 N–H and O–H groups in total. The Morgan fingerprint density at radius 3 is 2.59 bits per heavy atom. The molecule has 0 spiro atoms. The average Bonchev–Trinajstić information content (AvgIpc) is 2.70. The molecule has 1 aromatic carbocycles. The van der Waals surface area contributed by atoms with E-state index < -0.39 is 0 Å². The van der Waals surface area contributed by atoms with Crippen molar-refractivity contribution in [2.75, 3.05) is 20.3 Å². The largest absolute Gasteiger partial charge is 0.497 e. The zero-order chi connectivity index (χ0) is 19.9. The third kappa shape index (κ3) is 10.5. The molecular formula is C22H36N2O2S. The summed E-state index contributed by atoms with van der Waals surface area (Å²) < 4.78 is 11.0. The molecule has 0 bridgehead atoms. The van der Waals surface area contributed by atoms with Crippen LogP contribution in [0.1, 0.15) is 57.9 Å². The fraction of sp³-hybridized carbons (Fsp3) is 0.636. The zero-order valence-corrected chi connectivity index (χ0v) is 18.0. The third-order valence-electron chi connectivity index (χ3n) is 4.68. The fourth-order valence-corrected chi connectivity index (χ4v) is 2.97. The van der Waals surface area contributed by atoms with Gasteiger partial charge in [-0.2, -0.15) is 0 Å². The summed E-state index contributed by atoms with van der Waals surface area (Å²) in [7, 11) is 1.66. The van der Waals surface area contributed by atoms with Crippen molar-refractivity contribution in [1.82, 2.24) is 0 Å². The van der Waals surface area contributed by atoms with Crippen LogP contribution in [0.25, 0.3) is 0 Å². The molecule has 27 heavy (non-hydrogen) atoms. The number of benzene rings is 1. The highest BCUT2D eigenvalue weighted by molar-refractivity contribution is 7.81. The maximum atomic E-state index is 8.12. The topological polar surface area (TPSA) is 54.7 Å². The van der Waals surface area contributed by atoms with E-state index >= 15 is 0 Å². The number of methoxy groups -OCH3 is 1. The van der Waals surface area contributed by atoms with Crippen LogP contribution in [-0.2, 0) is 11.2 Å². The van der Waals surface area contributed by atoms with Crippen molar-refractivity contribution in [3.8, 4) is 5.75 Å². The van der Waals surface area contributed by atoms with E-state index in [1.807, 2.05) is 30.5 Å². The van der Waals surface area contributed by atoms with E-state index in [9.17, 15) is 0 Å². The maximum absolute atomic E-state index is 8.12. The van der Waals surface area contributed by atoms with Crippen LogP contribution in [-0.4, -0.2) is 37.6 Å². The molecule has 0 saturated carbocycles. The van der Waals surface area contributed by atoms with Gasteiger partial charge < -0.3 is 14.9 Å². The number of nitrogens with zero attached hydrogens (tertiary/aromatic N) is 1. The lowest BCUT2D eigenvalue weighted by atomic mass is 10.0. The highest BCUT2D eigenvalue weighted by Crippen LogP contribution is 2.14. The van der Waals surface area contributed by atoms with Crippen LogP contribution in [0.3, 0.4) is 0 Å². The van der Waals surface area contributed by atoms with E-state index in [4.69, 9.17) is 14.9 Å². The first-order chi connectivity index (χ1) is 13.1. The molecule has 0 aliphatic carbocycles. The van der Waals surface area contributed by atoms with E-state index in [2.05, 4.69) is 31.5 Å². The minimum absolute atomic E-state index is 0.365. The normalized spacial score (nSPS) is 13.6. The van der Waals surface area contributed by atoms with Gasteiger partial charge in [0.1, 0.15) is 11.1 Å². The van der Waals surface area contributed by atoms with Crippen molar-refractivity contribution in [1.29, 1.82) is 5.41 Å². The number of nitrogens with one attached hydrogen (secondary N) is 1. The molecule has 0 fully saturated rings. The molecule has 2 atom stereocenters. The molecule has 0 aliphatic heterocycles. The number of ether oxygens (including phenoxy) is 2. The summed E-state index contributed by atoms with van der Waals surface area (Å²) in [5, 5.41) is 7.75. The molecule has 0 saturated heterocycles. The van der Waals surface area contributed by atoms with Gasteiger partial charge in [0.25, 0.3) is 0 Å². The first-order valence-corrected chi connectivity index (χ1v) is 10.6. The molecule has 1 aromatic rings. The lowest BCUT2D eigenvalue weighted by Gasteiger charge is -2.15. The smallest absolute Gasteiger partial charge is 0.129 e. The average molecular weight is 393 g/mol. The van der Waals surface area contributed by atoms with Gasteiger partial charge in [0.05, 0.1) is 7.11 Å². The number of unbranched alkanes of at least 4 members (excludes halogenated alkanes) is 1. The molecule has 5 heteroatoms. The number of hydrogen-bond acceptors (Lipinski definition) is 5. The van der Waals surface area contributed by atoms with E-state index in [1.54, 1.807) is 7.11 Å². The molecule has 0 aromatic heterocycles. The van der Waals surface area contributed by atoms with Crippen molar-refractivity contribution in [3.63, 3.8) is 0 Å². The summed E-state index contributed by atoms with van der Waals surface area (Å²) in [6, 6.07) is 7.92. The lowest BCUT2D eigenvalue weighted by Crippen LogP contribution is -2.14. The van der Waals surface area contributed by atoms with E-state index in [-0.39, 0.29) is 5.37 Å². The van der Waals surface area contributed by atoms with Crippen molar-refractivity contribution in [2.45, 2.75) is 64.2 Å². The van der Waals surface area contributed by atoms with Gasteiger partial charge in [-0.3, -0.25) is 4.99 Å². The zero-order valence-electron chi connectivity index (χ0n) is 17.1. The summed E-state index contributed by atoms with van der Waals surface area (Å²) >= 11 is 4.43. The second kappa shape index (κ2) is 14.7. The number of rotatable bonds is 15. The Morgan fingerprint density at radius 1 is 1.22 bits per heavy atom. The van der Waals surface area contributed by atoms with Gasteiger partial charge in [0.15, 0.2) is 0 Å². The summed E-state index contributed by atoms with van der Waals surface area (Å²) in [4.78, 5) is 4.38. The summed E-state index contributed by atoms with van der Waals surface area (Å²) in [6.45, 7) is 6.01. The van der Waals surface area contributed by atoms with Gasteiger partial charge in [-0.15, -0.1) is 12.6 Å². The summed E-state index contributed by atoms with van der Waals surface area (Å²) in [5.41, 5.74) is 1.71. The van der Waals surface area contributed by atoms with Crippen molar-refractivity contribution >= 4 is 24.6 Å². The van der Waals surface area contributed by atoms with Crippen LogP contribution in [0, 0.1) is 11.3 Å². The van der Waals surface area contributed by atoms with Crippen LogP contribution in [0.2, 0.25) is 0 Å². The third-order valence-corrected chi connectivity index (χ3v) is 5.12. The van der Waals surface area contributed by atoms with Gasteiger partial charge in [-0.1, -0.05) is 45.2 Å². The van der Waals surface area contributed by atoms with E-state index in [0.29, 0.717) is 24.7 Å². The van der Waals surface area contributed by atoms with Crippen molar-refractivity contribution in [2.24, 2.45) is 10.9 Å². The first-order valence-electron chi connectivity index (χ1n) is 10.1. The molecule has 0 radical (unpaired) electrons. The SMILES string of the molecule is CCCCC(CC)COCCCC(=N)C(S)/N=C/Cc1ccc(OC)cc1. The monoisotopic (exact) mass is 392 g/mol. The predicted molar refractivity (Wildman–Crippen MR) is 119 cm³/mol. The second-order valence-electron chi connectivity index (χ2n) is 6.88. The molecule has 1 rings (SSSR count). The Kier molecular flexibility index (Phi) is 12.9. The van der Waals surface area contributed by atoms with Crippen molar-refractivity contribution < 1.29 is 9.47 Å². The fourth-order valence-electron chi connectivity index (χ4n) is 2.75.